The predicted octanol–water partition coefficient (Wildman–Crippen LogP) is 3.18. The molecule has 0 aliphatic rings. The average molecular weight is 369 g/mol. The molecule has 0 radical (unpaired) electrons. The van der Waals surface area contributed by atoms with E-state index in [0.29, 0.717) is 16.4 Å². The van der Waals surface area contributed by atoms with Crippen molar-refractivity contribution in [1.82, 2.24) is 4.98 Å². The first-order valence-corrected chi connectivity index (χ1v) is 7.75. The molecule has 0 saturated heterocycles. The first kappa shape index (κ1) is 15.7. The number of ether oxygens (including phenoxy) is 1. The van der Waals surface area contributed by atoms with Gasteiger partial charge in [0.2, 0.25) is 0 Å². The van der Waals surface area contributed by atoms with E-state index < -0.39 is 0 Å². The van der Waals surface area contributed by atoms with Gasteiger partial charge in [0.25, 0.3) is 5.91 Å². The highest BCUT2D eigenvalue weighted by molar-refractivity contribution is 9.10. The molecule has 7 heteroatoms. The molecule has 0 bridgehead atoms. The second-order valence-corrected chi connectivity index (χ2v) is 6.14. The number of benzene rings is 1. The summed E-state index contributed by atoms with van der Waals surface area (Å²) in [7, 11) is 1.33. The van der Waals surface area contributed by atoms with Crippen LogP contribution in [0.25, 0.3) is 0 Å². The number of rotatable bonds is 4. The van der Waals surface area contributed by atoms with E-state index in [0.717, 1.165) is 10.0 Å². The van der Waals surface area contributed by atoms with Crippen molar-refractivity contribution in [1.29, 1.82) is 0 Å². The number of aryl methyl sites for hydroxylation is 1. The zero-order valence-electron chi connectivity index (χ0n) is 11.5. The summed E-state index contributed by atoms with van der Waals surface area (Å²) in [5.74, 6) is -0.598. The van der Waals surface area contributed by atoms with Gasteiger partial charge in [0, 0.05) is 15.4 Å². The lowest BCUT2D eigenvalue weighted by molar-refractivity contribution is -0.139. The summed E-state index contributed by atoms with van der Waals surface area (Å²) in [5, 5.41) is 4.90. The zero-order chi connectivity index (χ0) is 15.4. The smallest absolute Gasteiger partial charge is 0.311 e. The minimum absolute atomic E-state index is 0.0961. The van der Waals surface area contributed by atoms with Crippen LogP contribution in [0.2, 0.25) is 0 Å². The van der Waals surface area contributed by atoms with E-state index in [1.807, 2.05) is 13.0 Å². The van der Waals surface area contributed by atoms with Crippen molar-refractivity contribution in [3.8, 4) is 0 Å². The quantitative estimate of drug-likeness (QED) is 0.841. The summed E-state index contributed by atoms with van der Waals surface area (Å²) in [6.07, 6.45) is 0.0961. The molecule has 110 valence electrons. The molecule has 0 atom stereocenters. The second-order valence-electron chi connectivity index (χ2n) is 4.37. The number of hydrogen-bond donors (Lipinski definition) is 1. The van der Waals surface area contributed by atoms with Crippen molar-refractivity contribution in [2.75, 3.05) is 12.4 Å². The van der Waals surface area contributed by atoms with Crippen LogP contribution >= 0.6 is 27.3 Å². The van der Waals surface area contributed by atoms with E-state index in [2.05, 4.69) is 31.0 Å². The average Bonchev–Trinajstić information content (AvgIpc) is 2.84. The molecule has 5 nitrogen and oxygen atoms in total. The predicted molar refractivity (Wildman–Crippen MR) is 84.7 cm³/mol. The fourth-order valence-corrected chi connectivity index (χ4v) is 3.02. The van der Waals surface area contributed by atoms with Crippen molar-refractivity contribution in [2.24, 2.45) is 0 Å². The molecule has 21 heavy (non-hydrogen) atoms. The van der Waals surface area contributed by atoms with Crippen molar-refractivity contribution in [3.63, 3.8) is 0 Å². The number of nitrogens with one attached hydrogen (secondary N) is 1. The fourth-order valence-electron chi connectivity index (χ4n) is 1.70. The first-order valence-electron chi connectivity index (χ1n) is 6.07. The van der Waals surface area contributed by atoms with Gasteiger partial charge >= 0.3 is 5.97 Å². The van der Waals surface area contributed by atoms with Gasteiger partial charge in [-0.2, -0.15) is 0 Å². The number of nitrogens with zero attached hydrogens (tertiary/aromatic N) is 1. The number of halogens is 1. The molecule has 0 aliphatic heterocycles. The lowest BCUT2D eigenvalue weighted by atomic mass is 10.1. The maximum absolute atomic E-state index is 12.1. The summed E-state index contributed by atoms with van der Waals surface area (Å²) in [6.45, 7) is 1.92. The number of esters is 1. The van der Waals surface area contributed by atoms with Gasteiger partial charge in [0.15, 0.2) is 5.13 Å². The Labute approximate surface area is 134 Å². The van der Waals surface area contributed by atoms with Crippen LogP contribution in [-0.4, -0.2) is 24.0 Å². The van der Waals surface area contributed by atoms with Crippen LogP contribution in [-0.2, 0) is 16.0 Å². The minimum Gasteiger partial charge on any atom is -0.469 e. The monoisotopic (exact) mass is 368 g/mol. The molecule has 2 aromatic rings. The van der Waals surface area contributed by atoms with Crippen LogP contribution < -0.4 is 5.32 Å². The topological polar surface area (TPSA) is 68.3 Å². The summed E-state index contributed by atoms with van der Waals surface area (Å²) in [4.78, 5) is 27.5. The SMILES string of the molecule is COC(=O)Cc1csc(NC(=O)c2cc(C)cc(Br)c2)n1. The van der Waals surface area contributed by atoms with Gasteiger partial charge in [-0.05, 0) is 30.7 Å². The fraction of sp³-hybridized carbons (Fsp3) is 0.214. The second kappa shape index (κ2) is 6.82. The van der Waals surface area contributed by atoms with Gasteiger partial charge in [0.05, 0.1) is 19.2 Å². The molecule has 0 unspecified atom stereocenters. The Hall–Kier alpha value is -1.73. The number of carbonyl (C=O) groups is 2. The Morgan fingerprint density at radius 3 is 2.81 bits per heavy atom. The van der Waals surface area contributed by atoms with Crippen molar-refractivity contribution < 1.29 is 14.3 Å². The van der Waals surface area contributed by atoms with Crippen LogP contribution in [0.3, 0.4) is 0 Å². The van der Waals surface area contributed by atoms with Gasteiger partial charge in [-0.1, -0.05) is 15.9 Å². The maximum Gasteiger partial charge on any atom is 0.311 e. The van der Waals surface area contributed by atoms with Crippen LogP contribution in [0, 0.1) is 6.92 Å². The number of methoxy groups -OCH3 is 1. The van der Waals surface area contributed by atoms with Gasteiger partial charge in [0.1, 0.15) is 0 Å². The highest BCUT2D eigenvalue weighted by Crippen LogP contribution is 2.19. The van der Waals surface area contributed by atoms with E-state index >= 15 is 0 Å². The molecule has 0 saturated carbocycles. The maximum atomic E-state index is 12.1. The third kappa shape index (κ3) is 4.37. The largest absolute Gasteiger partial charge is 0.469 e. The van der Waals surface area contributed by atoms with Gasteiger partial charge in [-0.15, -0.1) is 11.3 Å². The lowest BCUT2D eigenvalue weighted by Crippen LogP contribution is -2.12. The van der Waals surface area contributed by atoms with Crippen LogP contribution in [0.15, 0.2) is 28.1 Å². The van der Waals surface area contributed by atoms with Crippen LogP contribution in [0.1, 0.15) is 21.6 Å². The standard InChI is InChI=1S/C14H13BrN2O3S/c1-8-3-9(5-10(15)4-8)13(19)17-14-16-11(7-21-14)6-12(18)20-2/h3-5,7H,6H2,1-2H3,(H,16,17,19). The molecule has 1 amide bonds. The third-order valence-electron chi connectivity index (χ3n) is 2.63. The number of carbonyl (C=O) groups excluding carboxylic acids is 2. The number of aromatic nitrogens is 1. The molecule has 1 aromatic carbocycles. The number of amides is 1. The number of thiazole rings is 1. The van der Waals surface area contributed by atoms with E-state index in [1.54, 1.807) is 17.5 Å². The highest BCUT2D eigenvalue weighted by Gasteiger charge is 2.12. The normalized spacial score (nSPS) is 10.2. The third-order valence-corrected chi connectivity index (χ3v) is 3.89. The molecule has 1 N–H and O–H groups in total. The summed E-state index contributed by atoms with van der Waals surface area (Å²) in [6, 6.07) is 5.46. The number of hydrogen-bond acceptors (Lipinski definition) is 5. The lowest BCUT2D eigenvalue weighted by Gasteiger charge is -2.04. The molecular formula is C14H13BrN2O3S. The highest BCUT2D eigenvalue weighted by atomic mass is 79.9. The van der Waals surface area contributed by atoms with E-state index in [1.165, 1.54) is 18.4 Å². The molecule has 2 rings (SSSR count). The molecule has 0 fully saturated rings. The van der Waals surface area contributed by atoms with Gasteiger partial charge in [-0.3, -0.25) is 14.9 Å². The van der Waals surface area contributed by atoms with E-state index in [-0.39, 0.29) is 18.3 Å². The van der Waals surface area contributed by atoms with Crippen molar-refractivity contribution in [3.05, 3.63) is 44.9 Å². The van der Waals surface area contributed by atoms with E-state index in [4.69, 9.17) is 0 Å². The van der Waals surface area contributed by atoms with Gasteiger partial charge in [-0.25, -0.2) is 4.98 Å². The summed E-state index contributed by atoms with van der Waals surface area (Å²) < 4.78 is 5.42. The summed E-state index contributed by atoms with van der Waals surface area (Å²) >= 11 is 4.63. The van der Waals surface area contributed by atoms with Crippen molar-refractivity contribution >= 4 is 44.3 Å². The van der Waals surface area contributed by atoms with Gasteiger partial charge < -0.3 is 4.74 Å². The van der Waals surface area contributed by atoms with E-state index in [9.17, 15) is 9.59 Å². The Morgan fingerprint density at radius 1 is 1.38 bits per heavy atom. The Balaban J connectivity index is 2.07. The molecule has 1 heterocycles. The first-order chi connectivity index (χ1) is 9.97. The van der Waals surface area contributed by atoms with Crippen molar-refractivity contribution in [2.45, 2.75) is 13.3 Å². The Bertz CT molecular complexity index is 664. The zero-order valence-corrected chi connectivity index (χ0v) is 13.9. The molecular weight excluding hydrogens is 356 g/mol. The minimum atomic E-state index is -0.360. The molecule has 0 spiro atoms. The molecule has 0 aliphatic carbocycles. The molecule has 1 aromatic heterocycles. The van der Waals surface area contributed by atoms with Crippen LogP contribution in [0.5, 0.6) is 0 Å². The van der Waals surface area contributed by atoms with Crippen LogP contribution in [0.4, 0.5) is 5.13 Å². The summed E-state index contributed by atoms with van der Waals surface area (Å²) in [5.41, 5.74) is 2.11. The Morgan fingerprint density at radius 2 is 2.14 bits per heavy atom. The number of anilines is 1. The Kier molecular flexibility index (Phi) is 5.08.